The van der Waals surface area contributed by atoms with E-state index < -0.39 is 98.9 Å². The molecule has 3 N–H and O–H groups in total. The van der Waals surface area contributed by atoms with Gasteiger partial charge in [0.05, 0.1) is 28.9 Å². The van der Waals surface area contributed by atoms with Crippen LogP contribution in [0.5, 0.6) is 0 Å². The maximum atomic E-state index is 15.8. The number of fused-ring (bicyclic) bond motifs is 2. The predicted molar refractivity (Wildman–Crippen MR) is 200 cm³/mol. The summed E-state index contributed by atoms with van der Waals surface area (Å²) in [7, 11) is -2.58. The maximum absolute atomic E-state index is 15.8. The van der Waals surface area contributed by atoms with Crippen LogP contribution in [0.4, 0.5) is 40.9 Å². The summed E-state index contributed by atoms with van der Waals surface area (Å²) in [6.07, 6.45) is -4.96. The molecular weight excluding hydrogens is 815 g/mol. The molecule has 2 aromatic carbocycles. The zero-order valence-electron chi connectivity index (χ0n) is 32.2. The summed E-state index contributed by atoms with van der Waals surface area (Å²) in [6, 6.07) is 6.16. The van der Waals surface area contributed by atoms with Crippen LogP contribution in [0.2, 0.25) is 0 Å². The molecule has 1 aliphatic rings. The fourth-order valence-electron chi connectivity index (χ4n) is 7.54. The topological polar surface area (TPSA) is 144 Å². The Bertz CT molecular complexity index is 2640. The maximum Gasteiger partial charge on any atom is 0.435 e. The van der Waals surface area contributed by atoms with Crippen LogP contribution < -0.4 is 10.0 Å². The number of pyridine rings is 1. The van der Waals surface area contributed by atoms with Crippen molar-refractivity contribution >= 4 is 32.7 Å². The third kappa shape index (κ3) is 8.76. The Hall–Kier alpha value is -5.55. The minimum Gasteiger partial charge on any atom is -0.378 e. The van der Waals surface area contributed by atoms with Crippen molar-refractivity contribution < 1.29 is 53.4 Å². The van der Waals surface area contributed by atoms with Crippen molar-refractivity contribution in [1.82, 2.24) is 29.9 Å². The van der Waals surface area contributed by atoms with Gasteiger partial charge in [0, 0.05) is 35.7 Å². The largest absolute Gasteiger partial charge is 0.435 e. The molecule has 3 atom stereocenters. The summed E-state index contributed by atoms with van der Waals surface area (Å²) in [5.41, 5.74) is -4.79. The van der Waals surface area contributed by atoms with E-state index in [9.17, 15) is 40.3 Å². The Morgan fingerprint density at radius 2 is 1.68 bits per heavy atom. The summed E-state index contributed by atoms with van der Waals surface area (Å²) in [6.45, 7) is 4.27. The summed E-state index contributed by atoms with van der Waals surface area (Å²) in [4.78, 5) is 18.6. The van der Waals surface area contributed by atoms with Gasteiger partial charge in [0.1, 0.15) is 41.0 Å². The van der Waals surface area contributed by atoms with Crippen LogP contribution in [0, 0.1) is 35.2 Å². The highest BCUT2D eigenvalue weighted by molar-refractivity contribution is 7.92. The Balaban J connectivity index is 1.55. The average molecular weight is 852 g/mol. The standard InChI is InChI=1S/C39H37F8N7O4S/c1-7-26-19(2)30-34(39(45,46)47)50-54(35(30)38(26,43)44)18-29(55)49-28(16-20-14-21(40)17-22(41)15-20)32-24(9-8-23(48-32)12-13-37(3,4)56)25-10-11-27(42)31-33(25)53(5)51-36(31)52-59(6,57)58/h8-11,14-15,17,19,26,28,56H,7,16,18H2,1-6H3,(H,49,55)(H,51,52)/t19-,26+,28-/m0/s1. The Morgan fingerprint density at radius 1 is 1.03 bits per heavy atom. The molecule has 6 rings (SSSR count). The number of hydrogen-bond donors (Lipinski definition) is 3. The van der Waals surface area contributed by atoms with E-state index in [1.54, 1.807) is 0 Å². The summed E-state index contributed by atoms with van der Waals surface area (Å²) >= 11 is 0. The van der Waals surface area contributed by atoms with E-state index in [0.29, 0.717) is 10.7 Å². The summed E-state index contributed by atoms with van der Waals surface area (Å²) < 4.78 is 147. The first-order chi connectivity index (χ1) is 27.3. The monoisotopic (exact) mass is 851 g/mol. The molecule has 11 nitrogen and oxygen atoms in total. The number of carbonyl (C=O) groups is 1. The lowest BCUT2D eigenvalue weighted by molar-refractivity contribution is -0.143. The van der Waals surface area contributed by atoms with Crippen molar-refractivity contribution in [2.24, 2.45) is 13.0 Å². The second-order valence-corrected chi connectivity index (χ2v) is 16.6. The van der Waals surface area contributed by atoms with E-state index in [1.807, 2.05) is 0 Å². The van der Waals surface area contributed by atoms with Gasteiger partial charge in [-0.05, 0) is 80.5 Å². The molecule has 0 fully saturated rings. The number of aromatic nitrogens is 5. The van der Waals surface area contributed by atoms with E-state index in [2.05, 4.69) is 37.1 Å². The highest BCUT2D eigenvalue weighted by atomic mass is 32.2. The zero-order chi connectivity index (χ0) is 43.6. The molecule has 59 heavy (non-hydrogen) atoms. The first-order valence-corrected chi connectivity index (χ1v) is 19.9. The van der Waals surface area contributed by atoms with Crippen LogP contribution in [0.1, 0.15) is 80.0 Å². The predicted octanol–water partition coefficient (Wildman–Crippen LogP) is 7.10. The first-order valence-electron chi connectivity index (χ1n) is 18.0. The molecule has 0 aliphatic heterocycles. The van der Waals surface area contributed by atoms with Crippen molar-refractivity contribution in [2.75, 3.05) is 11.0 Å². The lowest BCUT2D eigenvalue weighted by Crippen LogP contribution is -2.35. The van der Waals surface area contributed by atoms with Crippen molar-refractivity contribution in [3.05, 3.63) is 93.8 Å². The third-order valence-corrected chi connectivity index (χ3v) is 10.4. The molecule has 314 valence electrons. The second kappa shape index (κ2) is 15.2. The number of carbonyl (C=O) groups excluding carboxylic acids is 1. The number of hydrogen-bond acceptors (Lipinski definition) is 7. The second-order valence-electron chi connectivity index (χ2n) is 14.9. The van der Waals surface area contributed by atoms with Crippen LogP contribution in [-0.2, 0) is 46.9 Å². The Kier molecular flexibility index (Phi) is 11.1. The van der Waals surface area contributed by atoms with E-state index in [-0.39, 0.29) is 51.2 Å². The molecule has 1 amide bonds. The smallest absolute Gasteiger partial charge is 0.378 e. The van der Waals surface area contributed by atoms with Crippen LogP contribution in [-0.4, -0.2) is 55.8 Å². The van der Waals surface area contributed by atoms with Crippen LogP contribution >= 0.6 is 0 Å². The van der Waals surface area contributed by atoms with Crippen LogP contribution in [0.25, 0.3) is 22.0 Å². The van der Waals surface area contributed by atoms with E-state index >= 15 is 13.2 Å². The number of rotatable bonds is 10. The number of amides is 1. The molecule has 3 heterocycles. The SMILES string of the molecule is CC[C@@H]1[C@H](C)c2c(C(F)(F)F)nn(CC(=O)N[C@@H](Cc3cc(F)cc(F)c3)c3nc(C#CC(C)(C)O)ccc3-c3ccc(F)c4c(NS(C)(=O)=O)nn(C)c34)c2C1(F)F. The quantitative estimate of drug-likeness (QED) is 0.101. The fourth-order valence-corrected chi connectivity index (χ4v) is 8.03. The zero-order valence-corrected chi connectivity index (χ0v) is 33.1. The van der Waals surface area contributed by atoms with Gasteiger partial charge < -0.3 is 10.4 Å². The summed E-state index contributed by atoms with van der Waals surface area (Å²) in [5.74, 6) is -5.72. The molecule has 20 heteroatoms. The molecule has 0 bridgehead atoms. The lowest BCUT2D eigenvalue weighted by Gasteiger charge is -2.24. The number of sulfonamides is 1. The minimum absolute atomic E-state index is 0.0164. The molecular formula is C39H37F8N7O4S. The number of aryl methyl sites for hydroxylation is 1. The molecule has 0 radical (unpaired) electrons. The molecule has 0 saturated carbocycles. The number of halogens is 8. The normalized spacial score (nSPS) is 17.1. The minimum atomic E-state index is -5.14. The van der Waals surface area contributed by atoms with Crippen molar-refractivity contribution in [3.63, 3.8) is 0 Å². The number of nitrogens with zero attached hydrogens (tertiary/aromatic N) is 5. The van der Waals surface area contributed by atoms with Crippen LogP contribution in [0.3, 0.4) is 0 Å². The third-order valence-electron chi connectivity index (χ3n) is 9.79. The van der Waals surface area contributed by atoms with Crippen molar-refractivity contribution in [1.29, 1.82) is 0 Å². The van der Waals surface area contributed by atoms with E-state index in [0.717, 1.165) is 24.5 Å². The lowest BCUT2D eigenvalue weighted by atomic mass is 9.90. The number of benzene rings is 2. The molecule has 1 aliphatic carbocycles. The van der Waals surface area contributed by atoms with Gasteiger partial charge in [0.15, 0.2) is 11.5 Å². The molecule has 5 aromatic rings. The molecule has 3 aromatic heterocycles. The average Bonchev–Trinajstić information content (AvgIpc) is 3.70. The van der Waals surface area contributed by atoms with Gasteiger partial charge >= 0.3 is 6.18 Å². The summed E-state index contributed by atoms with van der Waals surface area (Å²) in [5, 5.41) is 20.2. The van der Waals surface area contributed by atoms with Gasteiger partial charge in [0.2, 0.25) is 15.9 Å². The van der Waals surface area contributed by atoms with Gasteiger partial charge in [-0.3, -0.25) is 18.9 Å². The van der Waals surface area contributed by atoms with Crippen molar-refractivity contribution in [3.8, 4) is 23.0 Å². The molecule has 0 spiro atoms. The number of alkyl halides is 5. The fraction of sp³-hybridized carbons (Fsp3) is 0.385. The van der Waals surface area contributed by atoms with Crippen molar-refractivity contribution in [2.45, 2.75) is 76.7 Å². The molecule has 0 unspecified atom stereocenters. The van der Waals surface area contributed by atoms with Gasteiger partial charge in [-0.15, -0.1) is 0 Å². The van der Waals surface area contributed by atoms with Gasteiger partial charge in [0.25, 0.3) is 5.92 Å². The van der Waals surface area contributed by atoms with Gasteiger partial charge in [-0.2, -0.15) is 32.1 Å². The Morgan fingerprint density at radius 3 is 2.27 bits per heavy atom. The highest BCUT2D eigenvalue weighted by Gasteiger charge is 2.58. The first kappa shape index (κ1) is 43.0. The number of aliphatic hydroxyl groups is 1. The van der Waals surface area contributed by atoms with Gasteiger partial charge in [-0.25, -0.2) is 26.6 Å². The van der Waals surface area contributed by atoms with Crippen LogP contribution in [0.15, 0.2) is 42.5 Å². The Labute approximate surface area is 332 Å². The van der Waals surface area contributed by atoms with E-state index in [4.69, 9.17) is 0 Å². The number of nitrogens with one attached hydrogen (secondary N) is 2. The highest BCUT2D eigenvalue weighted by Crippen LogP contribution is 2.56. The van der Waals surface area contributed by atoms with E-state index in [1.165, 1.54) is 57.6 Å². The van der Waals surface area contributed by atoms with Gasteiger partial charge in [-0.1, -0.05) is 19.8 Å². The molecule has 0 saturated heterocycles. The number of anilines is 1.